The van der Waals surface area contributed by atoms with Gasteiger partial charge in [-0.15, -0.1) is 23.5 Å². The predicted molar refractivity (Wildman–Crippen MR) is 62.0 cm³/mol. The van der Waals surface area contributed by atoms with Crippen LogP contribution in [-0.2, 0) is 0 Å². The second kappa shape index (κ2) is 6.33. The third-order valence-corrected chi connectivity index (χ3v) is 3.60. The molecule has 0 unspecified atom stereocenters. The summed E-state index contributed by atoms with van der Waals surface area (Å²) < 4.78 is 24.9. The van der Waals surface area contributed by atoms with Crippen LogP contribution < -0.4 is 0 Å². The minimum atomic E-state index is -2.44. The fourth-order valence-electron chi connectivity index (χ4n) is 1.07. The Bertz CT molecular complexity index is 318. The summed E-state index contributed by atoms with van der Waals surface area (Å²) in [4.78, 5) is 4.93. The minimum absolute atomic E-state index is 0.00593. The summed E-state index contributed by atoms with van der Waals surface area (Å²) >= 11 is 3.14. The van der Waals surface area contributed by atoms with E-state index in [0.29, 0.717) is 0 Å². The number of aromatic nitrogens is 1. The molecule has 0 aliphatic rings. The van der Waals surface area contributed by atoms with Crippen LogP contribution in [-0.4, -0.2) is 16.5 Å². The van der Waals surface area contributed by atoms with Gasteiger partial charge in [0.05, 0.1) is 0 Å². The van der Waals surface area contributed by atoms with Gasteiger partial charge in [0.1, 0.15) is 5.03 Å². The zero-order valence-corrected chi connectivity index (χ0v) is 10.3. The molecule has 1 nitrogen and oxygen atoms in total. The first-order chi connectivity index (χ1) is 7.19. The fraction of sp³-hybridized carbons (Fsp3) is 0.500. The highest BCUT2D eigenvalue weighted by Gasteiger charge is 2.11. The molecule has 1 aromatic rings. The molecule has 0 saturated heterocycles. The van der Waals surface area contributed by atoms with Crippen LogP contribution in [0.4, 0.5) is 8.78 Å². The van der Waals surface area contributed by atoms with Gasteiger partial charge < -0.3 is 0 Å². The molecule has 84 valence electrons. The molecule has 15 heavy (non-hydrogen) atoms. The molecular formula is C10H13F2NS2. The van der Waals surface area contributed by atoms with E-state index >= 15 is 0 Å². The van der Waals surface area contributed by atoms with Crippen LogP contribution in [0.15, 0.2) is 22.2 Å². The number of hydrogen-bond acceptors (Lipinski definition) is 3. The Morgan fingerprint density at radius 1 is 1.27 bits per heavy atom. The summed E-state index contributed by atoms with van der Waals surface area (Å²) in [6.07, 6.45) is -1.17. The lowest BCUT2D eigenvalue weighted by Gasteiger charge is -2.08. The number of pyridine rings is 1. The first kappa shape index (κ1) is 12.8. The van der Waals surface area contributed by atoms with Crippen LogP contribution in [0.5, 0.6) is 0 Å². The maximum Gasteiger partial charge on any atom is 0.265 e. The van der Waals surface area contributed by atoms with E-state index in [0.717, 1.165) is 21.4 Å². The van der Waals surface area contributed by atoms with E-state index in [1.165, 1.54) is 6.20 Å². The van der Waals surface area contributed by atoms with Gasteiger partial charge in [-0.05, 0) is 17.6 Å². The minimum Gasteiger partial charge on any atom is -0.248 e. The van der Waals surface area contributed by atoms with Crippen molar-refractivity contribution in [2.75, 3.05) is 11.5 Å². The van der Waals surface area contributed by atoms with Crippen LogP contribution >= 0.6 is 23.5 Å². The first-order valence-electron chi connectivity index (χ1n) is 4.72. The third kappa shape index (κ3) is 3.65. The van der Waals surface area contributed by atoms with Crippen molar-refractivity contribution >= 4 is 23.5 Å². The summed E-state index contributed by atoms with van der Waals surface area (Å²) in [5.74, 6) is 1.77. The van der Waals surface area contributed by atoms with Gasteiger partial charge in [-0.3, -0.25) is 0 Å². The molecule has 0 radical (unpaired) electrons. The van der Waals surface area contributed by atoms with Crippen molar-refractivity contribution in [3.63, 3.8) is 0 Å². The van der Waals surface area contributed by atoms with Gasteiger partial charge in [0.25, 0.3) is 6.43 Å². The molecular weight excluding hydrogens is 236 g/mol. The highest BCUT2D eigenvalue weighted by molar-refractivity contribution is 8.02. The van der Waals surface area contributed by atoms with Crippen LogP contribution in [0.1, 0.15) is 25.8 Å². The SMILES string of the molecule is CCSc1cc(C(F)F)cnc1SCC. The van der Waals surface area contributed by atoms with Crippen LogP contribution in [0.25, 0.3) is 0 Å². The van der Waals surface area contributed by atoms with Crippen molar-refractivity contribution in [1.82, 2.24) is 4.98 Å². The smallest absolute Gasteiger partial charge is 0.248 e. The number of hydrogen-bond donors (Lipinski definition) is 0. The van der Waals surface area contributed by atoms with Gasteiger partial charge in [0.15, 0.2) is 0 Å². The van der Waals surface area contributed by atoms with Gasteiger partial charge in [0.2, 0.25) is 0 Å². The van der Waals surface area contributed by atoms with Crippen LogP contribution in [0, 0.1) is 0 Å². The lowest BCUT2D eigenvalue weighted by Crippen LogP contribution is -1.91. The molecule has 0 aliphatic carbocycles. The summed E-state index contributed by atoms with van der Waals surface area (Å²) in [6.45, 7) is 4.02. The molecule has 0 spiro atoms. The maximum atomic E-state index is 12.4. The van der Waals surface area contributed by atoms with Gasteiger partial charge in [-0.2, -0.15) is 0 Å². The van der Waals surface area contributed by atoms with E-state index < -0.39 is 6.43 Å². The molecule has 5 heteroatoms. The number of nitrogens with zero attached hydrogens (tertiary/aromatic N) is 1. The molecule has 1 aromatic heterocycles. The first-order valence-corrected chi connectivity index (χ1v) is 6.69. The second-order valence-corrected chi connectivity index (χ2v) is 5.30. The van der Waals surface area contributed by atoms with Crippen molar-refractivity contribution in [3.05, 3.63) is 17.8 Å². The maximum absolute atomic E-state index is 12.4. The Labute approximate surface area is 97.1 Å². The fourth-order valence-corrected chi connectivity index (χ4v) is 2.73. The molecule has 0 fully saturated rings. The number of halogens is 2. The van der Waals surface area contributed by atoms with Crippen LogP contribution in [0.2, 0.25) is 0 Å². The molecule has 0 aliphatic heterocycles. The highest BCUT2D eigenvalue weighted by Crippen LogP contribution is 2.31. The van der Waals surface area contributed by atoms with Gasteiger partial charge in [0, 0.05) is 16.7 Å². The van der Waals surface area contributed by atoms with E-state index in [9.17, 15) is 8.78 Å². The van der Waals surface area contributed by atoms with E-state index in [1.807, 2.05) is 13.8 Å². The molecule has 0 amide bonds. The second-order valence-electron chi connectivity index (χ2n) is 2.74. The zero-order chi connectivity index (χ0) is 11.3. The lowest BCUT2D eigenvalue weighted by molar-refractivity contribution is 0.150. The highest BCUT2D eigenvalue weighted by atomic mass is 32.2. The lowest BCUT2D eigenvalue weighted by atomic mass is 10.3. The summed E-state index contributed by atoms with van der Waals surface area (Å²) in [5, 5.41) is 0.855. The Kier molecular flexibility index (Phi) is 5.39. The standard InChI is InChI=1S/C10H13F2NS2/c1-3-14-8-5-7(9(11)12)6-13-10(8)15-4-2/h5-6,9H,3-4H2,1-2H3. The molecule has 0 aromatic carbocycles. The summed E-state index contributed by atoms with van der Waals surface area (Å²) in [6, 6.07) is 1.55. The van der Waals surface area contributed by atoms with E-state index in [-0.39, 0.29) is 5.56 Å². The third-order valence-electron chi connectivity index (χ3n) is 1.67. The van der Waals surface area contributed by atoms with Gasteiger partial charge >= 0.3 is 0 Å². The topological polar surface area (TPSA) is 12.9 Å². The van der Waals surface area contributed by atoms with Crippen molar-refractivity contribution < 1.29 is 8.78 Å². The van der Waals surface area contributed by atoms with Crippen molar-refractivity contribution in [2.45, 2.75) is 30.2 Å². The van der Waals surface area contributed by atoms with Crippen molar-refractivity contribution in [1.29, 1.82) is 0 Å². The Morgan fingerprint density at radius 2 is 1.93 bits per heavy atom. The summed E-state index contributed by atoms with van der Waals surface area (Å²) in [5.41, 5.74) is 0.00593. The van der Waals surface area contributed by atoms with Crippen LogP contribution in [0.3, 0.4) is 0 Å². The number of rotatable bonds is 5. The predicted octanol–water partition coefficient (Wildman–Crippen LogP) is 4.24. The largest absolute Gasteiger partial charge is 0.265 e. The Morgan fingerprint density at radius 3 is 2.47 bits per heavy atom. The van der Waals surface area contributed by atoms with Crippen molar-refractivity contribution in [2.24, 2.45) is 0 Å². The molecule has 1 heterocycles. The molecule has 0 bridgehead atoms. The number of thioether (sulfide) groups is 2. The monoisotopic (exact) mass is 249 g/mol. The van der Waals surface area contributed by atoms with E-state index in [2.05, 4.69) is 4.98 Å². The Hall–Kier alpha value is -0.290. The number of alkyl halides is 2. The summed E-state index contributed by atoms with van der Waals surface area (Å²) in [7, 11) is 0. The molecule has 0 atom stereocenters. The zero-order valence-electron chi connectivity index (χ0n) is 8.67. The molecule has 0 saturated carbocycles. The Balaban J connectivity index is 2.97. The van der Waals surface area contributed by atoms with Crippen molar-refractivity contribution in [3.8, 4) is 0 Å². The average molecular weight is 249 g/mol. The van der Waals surface area contributed by atoms with E-state index in [1.54, 1.807) is 29.6 Å². The van der Waals surface area contributed by atoms with Gasteiger partial charge in [-0.25, -0.2) is 13.8 Å². The molecule has 0 N–H and O–H groups in total. The van der Waals surface area contributed by atoms with Gasteiger partial charge in [-0.1, -0.05) is 13.8 Å². The molecule has 1 rings (SSSR count). The quantitative estimate of drug-likeness (QED) is 0.724. The van der Waals surface area contributed by atoms with E-state index in [4.69, 9.17) is 0 Å². The normalized spacial score (nSPS) is 11.0. The average Bonchev–Trinajstić information content (AvgIpc) is 2.21.